The Kier molecular flexibility index (Phi) is 5.97. The average Bonchev–Trinajstić information content (AvgIpc) is 3.04. The van der Waals surface area contributed by atoms with E-state index in [9.17, 15) is 9.59 Å². The monoisotopic (exact) mass is 417 g/mol. The largest absolute Gasteiger partial charge is 0.309 e. The van der Waals surface area contributed by atoms with Crippen LogP contribution < -0.4 is 5.32 Å². The molecular formula is C24H23N3O2S. The van der Waals surface area contributed by atoms with Gasteiger partial charge in [0.25, 0.3) is 11.1 Å². The molecule has 4 rings (SSSR count). The molecule has 30 heavy (non-hydrogen) atoms. The molecule has 2 heterocycles. The standard InChI is InChI=1S/C24H23N3O2S/c1-27(2)13-3-4-16-5-8-18(9-6-16)19-11-12-25-21-10-7-17(14-20(19)21)15-22-23(28)26-24(29)30-22/h5-12,14-15H,3-4,13H2,1-2H3,(H,26,28,29). The maximum atomic E-state index is 11.8. The second kappa shape index (κ2) is 8.81. The lowest BCUT2D eigenvalue weighted by atomic mass is 9.98. The van der Waals surface area contributed by atoms with Gasteiger partial charge >= 0.3 is 0 Å². The third-order valence-corrected chi connectivity index (χ3v) is 5.85. The third-order valence-electron chi connectivity index (χ3n) is 5.04. The number of aryl methyl sites for hydroxylation is 1. The number of hydrogen-bond donors (Lipinski definition) is 1. The van der Waals surface area contributed by atoms with E-state index >= 15 is 0 Å². The zero-order valence-corrected chi connectivity index (χ0v) is 17.8. The van der Waals surface area contributed by atoms with Crippen LogP contribution in [0.4, 0.5) is 4.79 Å². The van der Waals surface area contributed by atoms with Crippen molar-refractivity contribution in [2.24, 2.45) is 0 Å². The summed E-state index contributed by atoms with van der Waals surface area (Å²) in [5, 5.41) is 2.97. The highest BCUT2D eigenvalue weighted by Gasteiger charge is 2.24. The molecule has 1 N–H and O–H groups in total. The Balaban J connectivity index is 1.63. The van der Waals surface area contributed by atoms with Gasteiger partial charge in [0.05, 0.1) is 10.4 Å². The molecule has 152 valence electrons. The number of pyridine rings is 1. The molecule has 6 heteroatoms. The lowest BCUT2D eigenvalue weighted by molar-refractivity contribution is -0.115. The highest BCUT2D eigenvalue weighted by molar-refractivity contribution is 8.18. The van der Waals surface area contributed by atoms with Gasteiger partial charge in [0.15, 0.2) is 0 Å². The molecule has 2 amide bonds. The number of aromatic nitrogens is 1. The summed E-state index contributed by atoms with van der Waals surface area (Å²) in [5.41, 5.74) is 5.32. The van der Waals surface area contributed by atoms with E-state index in [-0.39, 0.29) is 11.1 Å². The Morgan fingerprint density at radius 1 is 1.07 bits per heavy atom. The Bertz CT molecular complexity index is 1140. The van der Waals surface area contributed by atoms with E-state index in [4.69, 9.17) is 0 Å². The number of fused-ring (bicyclic) bond motifs is 1. The van der Waals surface area contributed by atoms with Crippen molar-refractivity contribution in [2.45, 2.75) is 12.8 Å². The molecule has 0 aliphatic carbocycles. The van der Waals surface area contributed by atoms with Crippen molar-refractivity contribution in [3.63, 3.8) is 0 Å². The number of carbonyl (C=O) groups excluding carboxylic acids is 2. The van der Waals surface area contributed by atoms with Gasteiger partial charge in [-0.3, -0.25) is 19.9 Å². The molecule has 3 aromatic rings. The van der Waals surface area contributed by atoms with E-state index in [1.807, 2.05) is 30.5 Å². The minimum absolute atomic E-state index is 0.333. The molecule has 1 aliphatic heterocycles. The fourth-order valence-electron chi connectivity index (χ4n) is 3.53. The average molecular weight is 418 g/mol. The van der Waals surface area contributed by atoms with Crippen LogP contribution in [0.5, 0.6) is 0 Å². The van der Waals surface area contributed by atoms with Crippen LogP contribution >= 0.6 is 11.8 Å². The summed E-state index contributed by atoms with van der Waals surface area (Å²) in [4.78, 5) is 30.3. The summed E-state index contributed by atoms with van der Waals surface area (Å²) < 4.78 is 0. The summed E-state index contributed by atoms with van der Waals surface area (Å²) in [6, 6.07) is 16.6. The van der Waals surface area contributed by atoms with Crippen LogP contribution in [0.1, 0.15) is 17.5 Å². The maximum Gasteiger partial charge on any atom is 0.290 e. The lowest BCUT2D eigenvalue weighted by Crippen LogP contribution is -2.17. The van der Waals surface area contributed by atoms with E-state index in [1.165, 1.54) is 5.56 Å². The van der Waals surface area contributed by atoms with Gasteiger partial charge in [-0.05, 0) is 91.8 Å². The van der Waals surface area contributed by atoms with E-state index in [2.05, 4.69) is 53.6 Å². The number of hydrogen-bond acceptors (Lipinski definition) is 5. The summed E-state index contributed by atoms with van der Waals surface area (Å²) in [6.07, 6.45) is 5.76. The van der Waals surface area contributed by atoms with Crippen LogP contribution in [0.3, 0.4) is 0 Å². The lowest BCUT2D eigenvalue weighted by Gasteiger charge is -2.10. The fraction of sp³-hybridized carbons (Fsp3) is 0.208. The number of nitrogens with one attached hydrogen (secondary N) is 1. The number of carbonyl (C=O) groups is 2. The van der Waals surface area contributed by atoms with E-state index < -0.39 is 0 Å². The van der Waals surface area contributed by atoms with Crippen molar-refractivity contribution in [3.05, 3.63) is 70.8 Å². The smallest absolute Gasteiger partial charge is 0.290 e. The molecule has 0 bridgehead atoms. The normalized spacial score (nSPS) is 15.4. The van der Waals surface area contributed by atoms with Gasteiger partial charge < -0.3 is 4.90 Å². The SMILES string of the molecule is CN(C)CCCc1ccc(-c2ccnc3ccc(C=C4SC(=O)NC4=O)cc23)cc1. The van der Waals surface area contributed by atoms with E-state index in [1.54, 1.807) is 6.08 Å². The van der Waals surface area contributed by atoms with E-state index in [0.29, 0.717) is 4.91 Å². The van der Waals surface area contributed by atoms with Crippen molar-refractivity contribution < 1.29 is 9.59 Å². The van der Waals surface area contributed by atoms with Crippen LogP contribution in [0, 0.1) is 0 Å². The molecule has 0 radical (unpaired) electrons. The molecule has 0 unspecified atom stereocenters. The van der Waals surface area contributed by atoms with Gasteiger partial charge in [0, 0.05) is 11.6 Å². The van der Waals surface area contributed by atoms with Gasteiger partial charge in [-0.25, -0.2) is 0 Å². The third kappa shape index (κ3) is 4.61. The fourth-order valence-corrected chi connectivity index (χ4v) is 4.21. The van der Waals surface area contributed by atoms with Crippen LogP contribution in [0.2, 0.25) is 0 Å². The van der Waals surface area contributed by atoms with Gasteiger partial charge in [0.1, 0.15) is 0 Å². The molecule has 1 aliphatic rings. The van der Waals surface area contributed by atoms with Crippen molar-refractivity contribution in [2.75, 3.05) is 20.6 Å². The molecule has 0 saturated carbocycles. The summed E-state index contributed by atoms with van der Waals surface area (Å²) in [5.74, 6) is -0.346. The summed E-state index contributed by atoms with van der Waals surface area (Å²) in [6.45, 7) is 1.08. The number of nitrogens with zero attached hydrogens (tertiary/aromatic N) is 2. The van der Waals surface area contributed by atoms with Gasteiger partial charge in [-0.2, -0.15) is 0 Å². The molecule has 0 atom stereocenters. The zero-order valence-electron chi connectivity index (χ0n) is 17.0. The predicted octanol–water partition coefficient (Wildman–Crippen LogP) is 4.72. The highest BCUT2D eigenvalue weighted by atomic mass is 32.2. The minimum Gasteiger partial charge on any atom is -0.309 e. The predicted molar refractivity (Wildman–Crippen MR) is 123 cm³/mol. The summed E-state index contributed by atoms with van der Waals surface area (Å²) in [7, 11) is 4.19. The summed E-state index contributed by atoms with van der Waals surface area (Å²) >= 11 is 0.927. The number of imide groups is 1. The second-order valence-electron chi connectivity index (χ2n) is 7.59. The molecular weight excluding hydrogens is 394 g/mol. The Morgan fingerprint density at radius 3 is 2.57 bits per heavy atom. The number of amides is 2. The quantitative estimate of drug-likeness (QED) is 0.588. The van der Waals surface area contributed by atoms with E-state index in [0.717, 1.165) is 58.7 Å². The van der Waals surface area contributed by atoms with Crippen molar-refractivity contribution in [1.29, 1.82) is 0 Å². The Morgan fingerprint density at radius 2 is 1.87 bits per heavy atom. The van der Waals surface area contributed by atoms with Crippen LogP contribution in [-0.4, -0.2) is 41.7 Å². The minimum atomic E-state index is -0.346. The molecule has 1 saturated heterocycles. The van der Waals surface area contributed by atoms with Crippen molar-refractivity contribution in [3.8, 4) is 11.1 Å². The van der Waals surface area contributed by atoms with Crippen molar-refractivity contribution in [1.82, 2.24) is 15.2 Å². The van der Waals surface area contributed by atoms with Crippen LogP contribution in [-0.2, 0) is 11.2 Å². The maximum absolute atomic E-state index is 11.8. The highest BCUT2D eigenvalue weighted by Crippen LogP contribution is 2.31. The number of thioether (sulfide) groups is 1. The Hall–Kier alpha value is -2.96. The van der Waals surface area contributed by atoms with Crippen LogP contribution in [0.25, 0.3) is 28.1 Å². The van der Waals surface area contributed by atoms with Crippen molar-refractivity contribution >= 4 is 39.9 Å². The zero-order chi connectivity index (χ0) is 21.1. The molecule has 5 nitrogen and oxygen atoms in total. The molecule has 0 spiro atoms. The topological polar surface area (TPSA) is 62.3 Å². The molecule has 1 aromatic heterocycles. The Labute approximate surface area is 180 Å². The molecule has 2 aromatic carbocycles. The van der Waals surface area contributed by atoms with Gasteiger partial charge in [-0.15, -0.1) is 0 Å². The second-order valence-corrected chi connectivity index (χ2v) is 8.61. The van der Waals surface area contributed by atoms with Gasteiger partial charge in [-0.1, -0.05) is 30.3 Å². The van der Waals surface area contributed by atoms with Gasteiger partial charge in [0.2, 0.25) is 0 Å². The molecule has 1 fully saturated rings. The first-order valence-corrected chi connectivity index (χ1v) is 10.7. The first-order valence-electron chi connectivity index (χ1n) is 9.87. The first kappa shape index (κ1) is 20.3. The number of rotatable bonds is 6. The van der Waals surface area contributed by atoms with Crippen LogP contribution in [0.15, 0.2) is 59.6 Å². The first-order chi connectivity index (χ1) is 14.5. The number of benzene rings is 2.